The third-order valence-corrected chi connectivity index (χ3v) is 3.08. The van der Waals surface area contributed by atoms with Crippen LogP contribution in [0.15, 0.2) is 18.3 Å². The SMILES string of the molecule is CCC(CC)N(C)Cc1ccnc(NC)c1. The molecule has 0 bridgehead atoms. The second kappa shape index (κ2) is 6.48. The van der Waals surface area contributed by atoms with Crippen molar-refractivity contribution in [1.82, 2.24) is 9.88 Å². The molecular formula is C13H23N3. The lowest BCUT2D eigenvalue weighted by Gasteiger charge is -2.26. The highest BCUT2D eigenvalue weighted by Crippen LogP contribution is 2.13. The fourth-order valence-corrected chi connectivity index (χ4v) is 2.04. The molecule has 1 rings (SSSR count). The highest BCUT2D eigenvalue weighted by atomic mass is 15.1. The Hall–Kier alpha value is -1.09. The van der Waals surface area contributed by atoms with Crippen LogP contribution in [0.2, 0.25) is 0 Å². The van der Waals surface area contributed by atoms with Crippen LogP contribution >= 0.6 is 0 Å². The maximum absolute atomic E-state index is 4.22. The van der Waals surface area contributed by atoms with Gasteiger partial charge in [0.2, 0.25) is 0 Å². The Labute approximate surface area is 98.9 Å². The molecule has 1 aromatic heterocycles. The zero-order chi connectivity index (χ0) is 12.0. The van der Waals surface area contributed by atoms with Crippen molar-refractivity contribution in [2.45, 2.75) is 39.3 Å². The largest absolute Gasteiger partial charge is 0.373 e. The van der Waals surface area contributed by atoms with E-state index in [0.717, 1.165) is 12.4 Å². The first-order valence-electron chi connectivity index (χ1n) is 6.04. The summed E-state index contributed by atoms with van der Waals surface area (Å²) in [6.07, 6.45) is 4.27. The predicted octanol–water partition coefficient (Wildman–Crippen LogP) is 2.74. The summed E-state index contributed by atoms with van der Waals surface area (Å²) in [6.45, 7) is 5.48. The number of pyridine rings is 1. The van der Waals surface area contributed by atoms with Crippen molar-refractivity contribution in [3.63, 3.8) is 0 Å². The molecule has 0 aliphatic carbocycles. The van der Waals surface area contributed by atoms with Gasteiger partial charge in [-0.05, 0) is 37.6 Å². The summed E-state index contributed by atoms with van der Waals surface area (Å²) in [5.74, 6) is 0.940. The lowest BCUT2D eigenvalue weighted by atomic mass is 10.1. The van der Waals surface area contributed by atoms with Crippen molar-refractivity contribution in [3.05, 3.63) is 23.9 Å². The Morgan fingerprint density at radius 2 is 2.06 bits per heavy atom. The molecule has 1 aromatic rings. The average Bonchev–Trinajstić information content (AvgIpc) is 2.31. The van der Waals surface area contributed by atoms with Crippen LogP contribution in [0.4, 0.5) is 5.82 Å². The summed E-state index contributed by atoms with van der Waals surface area (Å²) in [7, 11) is 4.09. The Bertz CT molecular complexity index is 308. The molecule has 0 aliphatic heterocycles. The zero-order valence-electron chi connectivity index (χ0n) is 10.8. The van der Waals surface area contributed by atoms with Gasteiger partial charge in [-0.1, -0.05) is 13.8 Å². The van der Waals surface area contributed by atoms with E-state index in [1.165, 1.54) is 18.4 Å². The van der Waals surface area contributed by atoms with Gasteiger partial charge in [-0.15, -0.1) is 0 Å². The monoisotopic (exact) mass is 221 g/mol. The predicted molar refractivity (Wildman–Crippen MR) is 69.6 cm³/mol. The van der Waals surface area contributed by atoms with Crippen molar-refractivity contribution >= 4 is 5.82 Å². The van der Waals surface area contributed by atoms with Crippen molar-refractivity contribution in [2.75, 3.05) is 19.4 Å². The van der Waals surface area contributed by atoms with E-state index >= 15 is 0 Å². The third-order valence-electron chi connectivity index (χ3n) is 3.08. The highest BCUT2D eigenvalue weighted by Gasteiger charge is 2.10. The van der Waals surface area contributed by atoms with E-state index in [2.05, 4.69) is 48.2 Å². The van der Waals surface area contributed by atoms with Crippen LogP contribution in [0.25, 0.3) is 0 Å². The van der Waals surface area contributed by atoms with Crippen LogP contribution in [0.5, 0.6) is 0 Å². The zero-order valence-corrected chi connectivity index (χ0v) is 10.8. The van der Waals surface area contributed by atoms with Crippen molar-refractivity contribution < 1.29 is 0 Å². The molecular weight excluding hydrogens is 198 g/mol. The molecule has 0 aromatic carbocycles. The van der Waals surface area contributed by atoms with Gasteiger partial charge in [0.05, 0.1) is 0 Å². The summed E-state index contributed by atoms with van der Waals surface area (Å²) < 4.78 is 0. The van der Waals surface area contributed by atoms with Crippen LogP contribution in [0, 0.1) is 0 Å². The van der Waals surface area contributed by atoms with Gasteiger partial charge in [0.25, 0.3) is 0 Å². The minimum absolute atomic E-state index is 0.672. The summed E-state index contributed by atoms with van der Waals surface area (Å²) in [5.41, 5.74) is 1.31. The third kappa shape index (κ3) is 3.49. The molecule has 3 nitrogen and oxygen atoms in total. The molecule has 3 heteroatoms. The summed E-state index contributed by atoms with van der Waals surface area (Å²) >= 11 is 0. The first-order chi connectivity index (χ1) is 7.71. The van der Waals surface area contributed by atoms with E-state index in [1.54, 1.807) is 0 Å². The van der Waals surface area contributed by atoms with Crippen LogP contribution in [-0.2, 0) is 6.54 Å². The van der Waals surface area contributed by atoms with Gasteiger partial charge in [0.1, 0.15) is 5.82 Å². The molecule has 0 atom stereocenters. The molecule has 0 amide bonds. The minimum atomic E-state index is 0.672. The molecule has 0 aliphatic rings. The van der Waals surface area contributed by atoms with Gasteiger partial charge >= 0.3 is 0 Å². The minimum Gasteiger partial charge on any atom is -0.373 e. The van der Waals surface area contributed by atoms with E-state index in [4.69, 9.17) is 0 Å². The number of hydrogen-bond donors (Lipinski definition) is 1. The number of anilines is 1. The summed E-state index contributed by atoms with van der Waals surface area (Å²) in [5, 5.41) is 3.07. The fraction of sp³-hybridized carbons (Fsp3) is 0.615. The maximum Gasteiger partial charge on any atom is 0.125 e. The number of aromatic nitrogens is 1. The van der Waals surface area contributed by atoms with E-state index in [1.807, 2.05) is 13.2 Å². The molecule has 0 unspecified atom stereocenters. The van der Waals surface area contributed by atoms with E-state index in [-0.39, 0.29) is 0 Å². The van der Waals surface area contributed by atoms with Gasteiger partial charge < -0.3 is 5.32 Å². The topological polar surface area (TPSA) is 28.2 Å². The number of nitrogens with one attached hydrogen (secondary N) is 1. The van der Waals surface area contributed by atoms with Crippen molar-refractivity contribution in [2.24, 2.45) is 0 Å². The number of hydrogen-bond acceptors (Lipinski definition) is 3. The van der Waals surface area contributed by atoms with Crippen LogP contribution in [-0.4, -0.2) is 30.0 Å². The maximum atomic E-state index is 4.22. The first-order valence-corrected chi connectivity index (χ1v) is 6.04. The molecule has 0 saturated carbocycles. The van der Waals surface area contributed by atoms with Gasteiger partial charge in [-0.25, -0.2) is 4.98 Å². The Morgan fingerprint density at radius 1 is 1.38 bits per heavy atom. The van der Waals surface area contributed by atoms with Gasteiger partial charge in [0.15, 0.2) is 0 Å². The molecule has 16 heavy (non-hydrogen) atoms. The molecule has 90 valence electrons. The molecule has 1 heterocycles. The van der Waals surface area contributed by atoms with Crippen LogP contribution in [0.3, 0.4) is 0 Å². The second-order valence-corrected chi connectivity index (χ2v) is 4.18. The van der Waals surface area contributed by atoms with E-state index in [9.17, 15) is 0 Å². The van der Waals surface area contributed by atoms with Gasteiger partial charge in [0, 0.05) is 25.8 Å². The number of rotatable bonds is 6. The summed E-state index contributed by atoms with van der Waals surface area (Å²) in [4.78, 5) is 6.63. The van der Waals surface area contributed by atoms with Gasteiger partial charge in [-0.3, -0.25) is 4.90 Å². The Kier molecular flexibility index (Phi) is 5.26. The second-order valence-electron chi connectivity index (χ2n) is 4.18. The standard InChI is InChI=1S/C13H23N3/c1-5-12(6-2)16(4)10-11-7-8-15-13(9-11)14-3/h7-9,12H,5-6,10H2,1-4H3,(H,14,15). The fourth-order valence-electron chi connectivity index (χ4n) is 2.04. The number of nitrogens with zero attached hydrogens (tertiary/aromatic N) is 2. The van der Waals surface area contributed by atoms with E-state index in [0.29, 0.717) is 6.04 Å². The molecule has 0 saturated heterocycles. The molecule has 0 spiro atoms. The van der Waals surface area contributed by atoms with E-state index < -0.39 is 0 Å². The molecule has 0 fully saturated rings. The van der Waals surface area contributed by atoms with Gasteiger partial charge in [-0.2, -0.15) is 0 Å². The van der Waals surface area contributed by atoms with Crippen molar-refractivity contribution in [1.29, 1.82) is 0 Å². The normalized spacial score (nSPS) is 11.1. The highest BCUT2D eigenvalue weighted by molar-refractivity contribution is 5.36. The van der Waals surface area contributed by atoms with Crippen LogP contribution < -0.4 is 5.32 Å². The molecule has 1 N–H and O–H groups in total. The lowest BCUT2D eigenvalue weighted by Crippen LogP contribution is -2.29. The smallest absolute Gasteiger partial charge is 0.125 e. The first kappa shape index (κ1) is 13.0. The lowest BCUT2D eigenvalue weighted by molar-refractivity contribution is 0.222. The average molecular weight is 221 g/mol. The van der Waals surface area contributed by atoms with Crippen molar-refractivity contribution in [3.8, 4) is 0 Å². The summed E-state index contributed by atoms with van der Waals surface area (Å²) in [6, 6.07) is 4.87. The Balaban J connectivity index is 2.64. The van der Waals surface area contributed by atoms with Crippen LogP contribution in [0.1, 0.15) is 32.3 Å². The quantitative estimate of drug-likeness (QED) is 0.800. The molecule has 0 radical (unpaired) electrons. The Morgan fingerprint density at radius 3 is 2.62 bits per heavy atom.